The Bertz CT molecular complexity index is 1030. The Balaban J connectivity index is 1.31. The van der Waals surface area contributed by atoms with E-state index >= 15 is 0 Å². The maximum atomic E-state index is 12.7. The molecule has 0 bridgehead atoms. The van der Waals surface area contributed by atoms with E-state index < -0.39 is 0 Å². The molecular weight excluding hydrogens is 392 g/mol. The molecule has 0 N–H and O–H groups in total. The Morgan fingerprint density at radius 1 is 1.16 bits per heavy atom. The van der Waals surface area contributed by atoms with E-state index in [2.05, 4.69) is 28.1 Å². The number of hydrogen-bond acceptors (Lipinski definition) is 6. The van der Waals surface area contributed by atoms with E-state index in [-0.39, 0.29) is 12.0 Å². The van der Waals surface area contributed by atoms with Crippen LogP contribution >= 0.6 is 0 Å². The molecule has 0 saturated carbocycles. The third-order valence-electron chi connectivity index (χ3n) is 5.53. The topological polar surface area (TPSA) is 71.7 Å². The van der Waals surface area contributed by atoms with Crippen molar-refractivity contribution < 1.29 is 13.9 Å². The number of hydrogen-bond donors (Lipinski definition) is 0. The molecule has 2 aromatic carbocycles. The highest BCUT2D eigenvalue weighted by molar-refractivity contribution is 5.76. The summed E-state index contributed by atoms with van der Waals surface area (Å²) in [7, 11) is 1.81. The van der Waals surface area contributed by atoms with Crippen LogP contribution in [-0.2, 0) is 11.2 Å². The van der Waals surface area contributed by atoms with Crippen LogP contribution in [0.2, 0.25) is 0 Å². The van der Waals surface area contributed by atoms with Gasteiger partial charge in [0.15, 0.2) is 0 Å². The molecule has 1 amide bonds. The summed E-state index contributed by atoms with van der Waals surface area (Å²) in [4.78, 5) is 16.7. The number of para-hydroxylation sites is 2. The SMILES string of the molecule is CCN1C[C@H](CN(C)C(=O)CCc2nnc(-c3ccc(C)cc3)o2)Oc2ccccc21. The molecule has 1 aliphatic heterocycles. The van der Waals surface area contributed by atoms with Gasteiger partial charge >= 0.3 is 0 Å². The van der Waals surface area contributed by atoms with Crippen LogP contribution in [-0.4, -0.2) is 53.8 Å². The summed E-state index contributed by atoms with van der Waals surface area (Å²) < 4.78 is 11.9. The van der Waals surface area contributed by atoms with Crippen LogP contribution in [0, 0.1) is 6.92 Å². The number of ether oxygens (including phenoxy) is 1. The maximum absolute atomic E-state index is 12.7. The molecule has 2 heterocycles. The minimum atomic E-state index is -0.0691. The van der Waals surface area contributed by atoms with Gasteiger partial charge in [-0.2, -0.15) is 0 Å². The average Bonchev–Trinajstić information content (AvgIpc) is 3.26. The molecule has 4 rings (SSSR count). The predicted molar refractivity (Wildman–Crippen MR) is 119 cm³/mol. The first-order chi connectivity index (χ1) is 15.0. The molecule has 1 aliphatic rings. The van der Waals surface area contributed by atoms with E-state index in [1.165, 1.54) is 5.56 Å². The number of fused-ring (bicyclic) bond motifs is 1. The number of nitrogens with zero attached hydrogens (tertiary/aromatic N) is 4. The molecule has 3 aromatic rings. The van der Waals surface area contributed by atoms with Gasteiger partial charge in [0, 0.05) is 32.0 Å². The number of likely N-dealkylation sites (N-methyl/N-ethyl adjacent to an activating group) is 2. The Morgan fingerprint density at radius 2 is 1.94 bits per heavy atom. The van der Waals surface area contributed by atoms with Crippen molar-refractivity contribution in [1.29, 1.82) is 0 Å². The Morgan fingerprint density at radius 3 is 2.71 bits per heavy atom. The van der Waals surface area contributed by atoms with Crippen LogP contribution in [0.3, 0.4) is 0 Å². The van der Waals surface area contributed by atoms with E-state index in [1.54, 1.807) is 4.90 Å². The molecular formula is C24H28N4O3. The number of amides is 1. The number of carbonyl (C=O) groups excluding carboxylic acids is 1. The first-order valence-electron chi connectivity index (χ1n) is 10.7. The zero-order valence-electron chi connectivity index (χ0n) is 18.2. The molecule has 0 aliphatic carbocycles. The minimum absolute atomic E-state index is 0.0283. The summed E-state index contributed by atoms with van der Waals surface area (Å²) in [5, 5.41) is 8.19. The summed E-state index contributed by atoms with van der Waals surface area (Å²) >= 11 is 0. The van der Waals surface area contributed by atoms with Gasteiger partial charge in [-0.3, -0.25) is 4.79 Å². The van der Waals surface area contributed by atoms with Crippen LogP contribution in [0.4, 0.5) is 5.69 Å². The van der Waals surface area contributed by atoms with Crippen LogP contribution in [0.5, 0.6) is 5.75 Å². The molecule has 1 aromatic heterocycles. The lowest BCUT2D eigenvalue weighted by atomic mass is 10.1. The fraction of sp³-hybridized carbons (Fsp3) is 0.375. The normalized spacial score (nSPS) is 15.3. The third-order valence-corrected chi connectivity index (χ3v) is 5.53. The lowest BCUT2D eigenvalue weighted by Gasteiger charge is -2.37. The minimum Gasteiger partial charge on any atom is -0.485 e. The van der Waals surface area contributed by atoms with Crippen molar-refractivity contribution in [2.45, 2.75) is 32.8 Å². The Kier molecular flexibility index (Phi) is 6.21. The van der Waals surface area contributed by atoms with Crippen molar-refractivity contribution in [3.8, 4) is 17.2 Å². The Hall–Kier alpha value is -3.35. The standard InChI is InChI=1S/C24H28N4O3/c1-4-28-16-19(30-21-8-6-5-7-20(21)28)15-27(3)23(29)14-13-22-25-26-24(31-22)18-11-9-17(2)10-12-18/h5-12,19H,4,13-16H2,1-3H3/t19-/m0/s1. The quantitative estimate of drug-likeness (QED) is 0.580. The zero-order chi connectivity index (χ0) is 21.8. The molecule has 1 atom stereocenters. The smallest absolute Gasteiger partial charge is 0.247 e. The molecule has 31 heavy (non-hydrogen) atoms. The van der Waals surface area contributed by atoms with Crippen molar-refractivity contribution in [3.05, 3.63) is 60.0 Å². The summed E-state index contributed by atoms with van der Waals surface area (Å²) in [6.45, 7) is 6.34. The van der Waals surface area contributed by atoms with Gasteiger partial charge in [0.1, 0.15) is 11.9 Å². The lowest BCUT2D eigenvalue weighted by molar-refractivity contribution is -0.131. The molecule has 162 valence electrons. The highest BCUT2D eigenvalue weighted by Crippen LogP contribution is 2.32. The van der Waals surface area contributed by atoms with Crippen molar-refractivity contribution in [1.82, 2.24) is 15.1 Å². The number of benzene rings is 2. The summed E-state index contributed by atoms with van der Waals surface area (Å²) in [6.07, 6.45) is 0.657. The van der Waals surface area contributed by atoms with Crippen molar-refractivity contribution in [2.24, 2.45) is 0 Å². The predicted octanol–water partition coefficient (Wildman–Crippen LogP) is 3.72. The van der Waals surface area contributed by atoms with Crippen molar-refractivity contribution in [2.75, 3.05) is 31.6 Å². The monoisotopic (exact) mass is 420 g/mol. The fourth-order valence-corrected chi connectivity index (χ4v) is 3.75. The number of carbonyl (C=O) groups is 1. The highest BCUT2D eigenvalue weighted by Gasteiger charge is 2.26. The van der Waals surface area contributed by atoms with Gasteiger partial charge in [0.2, 0.25) is 17.7 Å². The number of rotatable bonds is 7. The highest BCUT2D eigenvalue weighted by atomic mass is 16.5. The second kappa shape index (κ2) is 9.20. The molecule has 0 spiro atoms. The first-order valence-corrected chi connectivity index (χ1v) is 10.7. The molecule has 0 radical (unpaired) electrons. The van der Waals surface area contributed by atoms with Gasteiger partial charge in [0.25, 0.3) is 0 Å². The van der Waals surface area contributed by atoms with Crippen molar-refractivity contribution in [3.63, 3.8) is 0 Å². The van der Waals surface area contributed by atoms with Crippen LogP contribution in [0.1, 0.15) is 24.8 Å². The Labute approximate surface area is 182 Å². The fourth-order valence-electron chi connectivity index (χ4n) is 3.75. The van der Waals surface area contributed by atoms with E-state index in [4.69, 9.17) is 9.15 Å². The van der Waals surface area contributed by atoms with E-state index in [9.17, 15) is 4.79 Å². The molecule has 7 nitrogen and oxygen atoms in total. The number of anilines is 1. The van der Waals surface area contributed by atoms with Crippen LogP contribution in [0.25, 0.3) is 11.5 Å². The molecule has 0 fully saturated rings. The lowest BCUT2D eigenvalue weighted by Crippen LogP contribution is -2.46. The summed E-state index contributed by atoms with van der Waals surface area (Å²) in [6, 6.07) is 15.9. The van der Waals surface area contributed by atoms with E-state index in [1.807, 2.05) is 56.4 Å². The van der Waals surface area contributed by atoms with E-state index in [0.717, 1.165) is 30.1 Å². The zero-order valence-corrected chi connectivity index (χ0v) is 18.2. The van der Waals surface area contributed by atoms with Gasteiger partial charge in [-0.15, -0.1) is 10.2 Å². The largest absolute Gasteiger partial charge is 0.485 e. The average molecular weight is 421 g/mol. The van der Waals surface area contributed by atoms with Gasteiger partial charge in [-0.05, 0) is 38.1 Å². The second-order valence-corrected chi connectivity index (χ2v) is 7.89. The van der Waals surface area contributed by atoms with Crippen molar-refractivity contribution >= 4 is 11.6 Å². The number of aromatic nitrogens is 2. The van der Waals surface area contributed by atoms with Gasteiger partial charge in [0.05, 0.1) is 18.8 Å². The third kappa shape index (κ3) is 4.87. The molecule has 7 heteroatoms. The number of aryl methyl sites for hydroxylation is 2. The van der Waals surface area contributed by atoms with Crippen LogP contribution < -0.4 is 9.64 Å². The van der Waals surface area contributed by atoms with Gasteiger partial charge in [-0.1, -0.05) is 29.8 Å². The van der Waals surface area contributed by atoms with Crippen LogP contribution in [0.15, 0.2) is 52.9 Å². The molecule has 0 unspecified atom stereocenters. The van der Waals surface area contributed by atoms with Gasteiger partial charge in [-0.25, -0.2) is 0 Å². The first kappa shape index (κ1) is 20.9. The summed E-state index contributed by atoms with van der Waals surface area (Å²) in [5.74, 6) is 1.85. The van der Waals surface area contributed by atoms with Gasteiger partial charge < -0.3 is 19.0 Å². The van der Waals surface area contributed by atoms with E-state index in [0.29, 0.717) is 31.2 Å². The second-order valence-electron chi connectivity index (χ2n) is 7.89. The maximum Gasteiger partial charge on any atom is 0.247 e. The summed E-state index contributed by atoms with van der Waals surface area (Å²) in [5.41, 5.74) is 3.16. The molecule has 0 saturated heterocycles.